The lowest BCUT2D eigenvalue weighted by molar-refractivity contribution is -0.138. The first kappa shape index (κ1) is 16.2. The van der Waals surface area contributed by atoms with E-state index < -0.39 is 5.41 Å². The van der Waals surface area contributed by atoms with Gasteiger partial charge in [-0.2, -0.15) is 0 Å². The molecule has 0 spiro atoms. The summed E-state index contributed by atoms with van der Waals surface area (Å²) in [7, 11) is 0. The van der Waals surface area contributed by atoms with Crippen molar-refractivity contribution in [3.8, 4) is 11.5 Å². The maximum Gasteiger partial charge on any atom is 0.233 e. The molecule has 0 aromatic heterocycles. The molecule has 6 heteroatoms. The smallest absolute Gasteiger partial charge is 0.233 e. The third-order valence-electron chi connectivity index (χ3n) is 5.64. The van der Waals surface area contributed by atoms with Crippen LogP contribution in [0.5, 0.6) is 11.5 Å². The monoisotopic (exact) mass is 344 g/mol. The summed E-state index contributed by atoms with van der Waals surface area (Å²) in [6, 6.07) is 5.90. The van der Waals surface area contributed by atoms with E-state index in [2.05, 4.69) is 5.32 Å². The Morgan fingerprint density at radius 2 is 1.88 bits per heavy atom. The molecule has 3 aliphatic rings. The number of carbonyl (C=O) groups excluding carboxylic acids is 2. The predicted octanol–water partition coefficient (Wildman–Crippen LogP) is 1.97. The average molecular weight is 344 g/mol. The molecule has 0 atom stereocenters. The molecular weight excluding hydrogens is 320 g/mol. The first-order valence-electron chi connectivity index (χ1n) is 9.15. The van der Waals surface area contributed by atoms with Gasteiger partial charge in [0.05, 0.1) is 5.41 Å². The zero-order valence-electron chi connectivity index (χ0n) is 14.4. The van der Waals surface area contributed by atoms with Crippen molar-refractivity contribution in [2.24, 2.45) is 0 Å². The normalized spacial score (nSPS) is 22.2. The molecule has 6 nitrogen and oxygen atoms in total. The highest BCUT2D eigenvalue weighted by atomic mass is 16.7. The van der Waals surface area contributed by atoms with Crippen molar-refractivity contribution in [1.29, 1.82) is 0 Å². The second-order valence-electron chi connectivity index (χ2n) is 7.10. The second kappa shape index (κ2) is 6.58. The summed E-state index contributed by atoms with van der Waals surface area (Å²) in [6.07, 6.45) is 5.34. The van der Waals surface area contributed by atoms with Crippen molar-refractivity contribution in [3.05, 3.63) is 23.8 Å². The first-order chi connectivity index (χ1) is 12.2. The minimum absolute atomic E-state index is 0.0241. The molecular formula is C19H24N2O4. The molecule has 4 rings (SSSR count). The first-order valence-corrected chi connectivity index (χ1v) is 9.15. The summed E-state index contributed by atoms with van der Waals surface area (Å²) in [4.78, 5) is 27.0. The van der Waals surface area contributed by atoms with Gasteiger partial charge >= 0.3 is 0 Å². The Balaban J connectivity index is 1.67. The lowest BCUT2D eigenvalue weighted by atomic mass is 9.68. The van der Waals surface area contributed by atoms with Gasteiger partial charge in [0.2, 0.25) is 18.6 Å². The average Bonchev–Trinajstić information content (AvgIpc) is 3.01. The number of fused-ring (bicyclic) bond motifs is 1. The number of rotatable bonds is 2. The third kappa shape index (κ3) is 2.94. The molecule has 25 heavy (non-hydrogen) atoms. The van der Waals surface area contributed by atoms with Gasteiger partial charge in [-0.25, -0.2) is 0 Å². The van der Waals surface area contributed by atoms with Crippen LogP contribution in [0.25, 0.3) is 0 Å². The number of nitrogens with one attached hydrogen (secondary N) is 1. The van der Waals surface area contributed by atoms with E-state index in [1.807, 2.05) is 23.1 Å². The standard InChI is InChI=1S/C19H24N2O4/c22-17-6-10-21(11-9-20-17)18(23)19(7-2-1-3-8-19)14-4-5-15-16(12-14)25-13-24-15/h4-5,12H,1-3,6-11,13H2,(H,20,22). The summed E-state index contributed by atoms with van der Waals surface area (Å²) in [5.74, 6) is 1.65. The van der Waals surface area contributed by atoms with Crippen LogP contribution in [0.1, 0.15) is 44.1 Å². The molecule has 1 N–H and O–H groups in total. The van der Waals surface area contributed by atoms with Crippen LogP contribution in [-0.4, -0.2) is 43.1 Å². The third-order valence-corrected chi connectivity index (χ3v) is 5.64. The summed E-state index contributed by atoms with van der Waals surface area (Å²) in [5, 5.41) is 2.85. The SMILES string of the molecule is O=C1CCN(C(=O)C2(c3ccc4c(c3)OCO4)CCCCC2)CCN1. The number of hydrogen-bond donors (Lipinski definition) is 1. The van der Waals surface area contributed by atoms with E-state index >= 15 is 0 Å². The van der Waals surface area contributed by atoms with Gasteiger partial charge in [-0.3, -0.25) is 9.59 Å². The molecule has 1 aromatic carbocycles. The van der Waals surface area contributed by atoms with E-state index in [1.165, 1.54) is 6.42 Å². The van der Waals surface area contributed by atoms with E-state index in [0.29, 0.717) is 26.1 Å². The predicted molar refractivity (Wildman–Crippen MR) is 91.5 cm³/mol. The van der Waals surface area contributed by atoms with Crippen LogP contribution in [0.15, 0.2) is 18.2 Å². The molecule has 2 fully saturated rings. The Kier molecular flexibility index (Phi) is 4.27. The molecule has 1 saturated carbocycles. The van der Waals surface area contributed by atoms with Gasteiger partial charge in [0, 0.05) is 26.1 Å². The fourth-order valence-corrected chi connectivity index (χ4v) is 4.25. The Hall–Kier alpha value is -2.24. The molecule has 134 valence electrons. The topological polar surface area (TPSA) is 67.9 Å². The van der Waals surface area contributed by atoms with Crippen LogP contribution in [0.3, 0.4) is 0 Å². The van der Waals surface area contributed by atoms with Crippen molar-refractivity contribution in [2.75, 3.05) is 26.4 Å². The number of carbonyl (C=O) groups is 2. The molecule has 0 bridgehead atoms. The summed E-state index contributed by atoms with van der Waals surface area (Å²) >= 11 is 0. The fourth-order valence-electron chi connectivity index (χ4n) is 4.25. The highest BCUT2D eigenvalue weighted by Gasteiger charge is 2.44. The van der Waals surface area contributed by atoms with Crippen LogP contribution in [0.2, 0.25) is 0 Å². The minimum Gasteiger partial charge on any atom is -0.454 e. The fraction of sp³-hybridized carbons (Fsp3) is 0.579. The Morgan fingerprint density at radius 3 is 2.72 bits per heavy atom. The van der Waals surface area contributed by atoms with E-state index in [4.69, 9.17) is 9.47 Å². The highest BCUT2D eigenvalue weighted by molar-refractivity contribution is 5.89. The van der Waals surface area contributed by atoms with E-state index in [1.54, 1.807) is 0 Å². The van der Waals surface area contributed by atoms with E-state index in [0.717, 1.165) is 42.7 Å². The highest BCUT2D eigenvalue weighted by Crippen LogP contribution is 2.44. The van der Waals surface area contributed by atoms with Crippen molar-refractivity contribution in [3.63, 3.8) is 0 Å². The molecule has 1 aromatic rings. The van der Waals surface area contributed by atoms with Crippen LogP contribution in [-0.2, 0) is 15.0 Å². The molecule has 1 saturated heterocycles. The summed E-state index contributed by atoms with van der Waals surface area (Å²) < 4.78 is 10.9. The van der Waals surface area contributed by atoms with Gasteiger partial charge in [0.1, 0.15) is 0 Å². The second-order valence-corrected chi connectivity index (χ2v) is 7.10. The van der Waals surface area contributed by atoms with Crippen molar-refractivity contribution in [1.82, 2.24) is 10.2 Å². The lowest BCUT2D eigenvalue weighted by Gasteiger charge is -2.40. The number of ether oxygens (including phenoxy) is 2. The zero-order valence-corrected chi connectivity index (χ0v) is 14.4. The van der Waals surface area contributed by atoms with Crippen LogP contribution >= 0.6 is 0 Å². The number of amides is 2. The van der Waals surface area contributed by atoms with E-state index in [-0.39, 0.29) is 18.6 Å². The number of benzene rings is 1. The zero-order chi connectivity index (χ0) is 17.3. The maximum absolute atomic E-state index is 13.5. The Bertz CT molecular complexity index is 682. The quantitative estimate of drug-likeness (QED) is 0.891. The van der Waals surface area contributed by atoms with Crippen molar-refractivity contribution < 1.29 is 19.1 Å². The largest absolute Gasteiger partial charge is 0.454 e. The van der Waals surface area contributed by atoms with Gasteiger partial charge in [-0.1, -0.05) is 25.3 Å². The molecule has 0 radical (unpaired) electrons. The minimum atomic E-state index is -0.507. The Labute approximate surface area is 147 Å². The molecule has 1 aliphatic carbocycles. The van der Waals surface area contributed by atoms with Crippen LogP contribution < -0.4 is 14.8 Å². The van der Waals surface area contributed by atoms with Gasteiger partial charge in [0.15, 0.2) is 11.5 Å². The van der Waals surface area contributed by atoms with Crippen molar-refractivity contribution in [2.45, 2.75) is 43.9 Å². The van der Waals surface area contributed by atoms with Gasteiger partial charge in [-0.15, -0.1) is 0 Å². The van der Waals surface area contributed by atoms with Crippen LogP contribution in [0.4, 0.5) is 0 Å². The van der Waals surface area contributed by atoms with Crippen LogP contribution in [0, 0.1) is 0 Å². The molecule has 0 unspecified atom stereocenters. The summed E-state index contributed by atoms with van der Waals surface area (Å²) in [6.45, 7) is 1.84. The maximum atomic E-state index is 13.5. The van der Waals surface area contributed by atoms with Gasteiger partial charge in [0.25, 0.3) is 0 Å². The van der Waals surface area contributed by atoms with Crippen molar-refractivity contribution >= 4 is 11.8 Å². The molecule has 2 amide bonds. The summed E-state index contributed by atoms with van der Waals surface area (Å²) in [5.41, 5.74) is 0.511. The number of hydrogen-bond acceptors (Lipinski definition) is 4. The van der Waals surface area contributed by atoms with Gasteiger partial charge < -0.3 is 19.7 Å². The lowest BCUT2D eigenvalue weighted by Crippen LogP contribution is -2.49. The molecule has 2 aliphatic heterocycles. The van der Waals surface area contributed by atoms with E-state index in [9.17, 15) is 9.59 Å². The number of nitrogens with zero attached hydrogens (tertiary/aromatic N) is 1. The molecule has 2 heterocycles. The Morgan fingerprint density at radius 1 is 1.08 bits per heavy atom. The van der Waals surface area contributed by atoms with Gasteiger partial charge in [-0.05, 0) is 30.5 Å².